The van der Waals surface area contributed by atoms with Gasteiger partial charge in [0.1, 0.15) is 65.8 Å². The molecule has 4 aromatic carbocycles. The number of hydrogen-bond donors (Lipinski definition) is 8. The lowest BCUT2D eigenvalue weighted by molar-refractivity contribution is -0.385. The minimum atomic E-state index is -3.40. The van der Waals surface area contributed by atoms with Crippen LogP contribution in [-0.4, -0.2) is 193 Å². The third-order valence-corrected chi connectivity index (χ3v) is 19.4. The van der Waals surface area contributed by atoms with E-state index in [1.54, 1.807) is 84.0 Å². The van der Waals surface area contributed by atoms with Crippen molar-refractivity contribution in [3.8, 4) is 0 Å². The van der Waals surface area contributed by atoms with Crippen LogP contribution in [-0.2, 0) is 66.8 Å². The number of carboxylic acids is 1. The van der Waals surface area contributed by atoms with Crippen molar-refractivity contribution in [1.82, 2.24) is 52.1 Å². The topological polar surface area (TPSA) is 491 Å². The molecule has 2 aliphatic heterocycles. The number of pyridine rings is 2. The Morgan fingerprint density at radius 3 is 1.30 bits per heavy atom. The van der Waals surface area contributed by atoms with E-state index < -0.39 is 204 Å². The number of nitro benzene ring substituents is 2. The molecule has 0 bridgehead atoms. The lowest BCUT2D eigenvalue weighted by atomic mass is 9.92. The number of aromatic nitrogens is 2. The van der Waals surface area contributed by atoms with E-state index in [0.29, 0.717) is 41.7 Å². The number of ether oxygens (including phenoxy) is 6. The number of aliphatic carboxylic acids is 1. The van der Waals surface area contributed by atoms with Crippen molar-refractivity contribution in [2.24, 2.45) is 22.6 Å². The maximum atomic E-state index is 13.8. The van der Waals surface area contributed by atoms with Gasteiger partial charge in [-0.3, -0.25) is 78.6 Å². The fourth-order valence-corrected chi connectivity index (χ4v) is 12.1. The van der Waals surface area contributed by atoms with Gasteiger partial charge in [-0.2, -0.15) is 0 Å². The standard InChI is InChI=1S/C37H50Cl3N5O8.C22H28N2O4.C16H12N2O7.C15H24Cl3N3O5/c1-21(2)29(30(46)41-23(4)31(47)45-18-10-11-27(44-45)32(48)51-20-37(38,39)40)52-33(49)36(8,9)17-16-24-12-13-25-14-15-26(43-28(25)19-24)22(3)42-34(50)53-35(5,6)7;1-14(23-20(27)28-21(2,3)4)17-10-9-16-8-7-15(13-18(16)24-17)11-12-22(5,6)19(25)26;1-9-5-3-7-11(17(21)22)13(9)15(19)25-16(20)14-10(2)6-4-8-12(14)18(23)24;1-8(2)11(22)12(23)19-9(3)13(24)21-6-4-5-10(20-21)14(25)26-7-15(16,17)18/h12-17,19,21-23,27,29,44H,10-11,18,20H2,1-9H3,(H,41,46)(H,42,50);7-14H,1-6H3,(H,23,27)(H,25,26);3-8H,1-2H3;8-11,20,22H,4-7H2,1-3H3,(H,19,23)/b17-16+;12-11+;;/t22-,23+,27+,29+;14-;;9-,10-,11-/m11.0/s1/i1D3,21D,29D;;;1D3,8D,11D/t21?,22-,23+,27+,29+;;;8?,9-,10-,11-. The number of benzene rings is 4. The van der Waals surface area contributed by atoms with Gasteiger partial charge in [-0.05, 0) is 195 Å². The van der Waals surface area contributed by atoms with Gasteiger partial charge in [0.15, 0.2) is 6.08 Å². The van der Waals surface area contributed by atoms with Crippen LogP contribution in [0.15, 0.2) is 109 Å². The Morgan fingerprint density at radius 1 is 0.561 bits per heavy atom. The SMILES string of the molecule is C[C@@H](NC(=O)OC(C)(C)C)c1ccc2ccc(/C=C/C(C)(C)C(=O)O)cc2n1.Cc1cccc([N+](=O)[O-])c1C(=O)OC(=O)c1c(C)cccc1[N+](=O)[O-].[2H]C([2H])([2H])C([2H])(C)[C@]([2H])(O)C(=O)N[C@@H](C)C(=O)N1CCC[C@@H](C(=O)OCC(Cl)(Cl)Cl)N1.[2H]C([2H])([2H])C([2H])(C)[C@]([2H])(OC(=O)C(C)(C)/C=C/c1ccc2ccc([C@@H](C)NC(=O)OC(C)(C)C)nc2c1)C(=O)N[C@@H](C)C(=O)N1CCC[C@@H](C(=O)OCC(Cl)(Cl)Cl)N1. The van der Waals surface area contributed by atoms with Crippen molar-refractivity contribution < 1.29 is 120 Å². The molecule has 8 rings (SSSR count). The van der Waals surface area contributed by atoms with Crippen LogP contribution in [0.5, 0.6) is 0 Å². The van der Waals surface area contributed by atoms with Crippen molar-refractivity contribution in [2.75, 3.05) is 26.3 Å². The van der Waals surface area contributed by atoms with E-state index in [1.807, 2.05) is 69.4 Å². The molecule has 8 N–H and O–H groups in total. The molecule has 2 aromatic heterocycles. The molecule has 6 amide bonds. The molecular weight excluding hydrogens is 1850 g/mol. The third-order valence-electron chi connectivity index (χ3n) is 18.8. The molecule has 6 aromatic rings. The highest BCUT2D eigenvalue weighted by molar-refractivity contribution is 6.68. The zero-order valence-electron chi connectivity index (χ0n) is 85.5. The summed E-state index contributed by atoms with van der Waals surface area (Å²) in [5, 5.41) is 55.1. The molecule has 10 atom stereocenters. The minimum absolute atomic E-state index is 0.0963. The van der Waals surface area contributed by atoms with Crippen molar-refractivity contribution in [2.45, 2.75) is 231 Å². The monoisotopic (exact) mass is 1970 g/mol. The molecule has 42 heteroatoms. The fraction of sp³-hybridized carbons (Fsp3) is 0.489. The highest BCUT2D eigenvalue weighted by Gasteiger charge is 2.40. The third kappa shape index (κ3) is 35.9. The molecular formula is C90H114Cl6N12O24. The molecule has 0 aliphatic carbocycles. The van der Waals surface area contributed by atoms with Crippen LogP contribution < -0.4 is 32.1 Å². The number of hydrogen-bond acceptors (Lipinski definition) is 27. The quantitative estimate of drug-likeness (QED) is 0.00593. The summed E-state index contributed by atoms with van der Waals surface area (Å²) in [6.45, 7) is 20.0. The summed E-state index contributed by atoms with van der Waals surface area (Å²) in [6, 6.07) is 20.8. The average Bonchev–Trinajstić information content (AvgIpc) is 0.744. The molecule has 4 heterocycles. The smallest absolute Gasteiger partial charge is 0.408 e. The minimum Gasteiger partial charge on any atom is -0.481 e. The first-order chi connectivity index (χ1) is 64.8. The summed E-state index contributed by atoms with van der Waals surface area (Å²) in [5.74, 6) is -16.7. The molecule has 2 fully saturated rings. The van der Waals surface area contributed by atoms with Crippen molar-refractivity contribution >= 4 is 187 Å². The number of carbonyl (C=O) groups is 12. The average molecular weight is 1970 g/mol. The van der Waals surface area contributed by atoms with E-state index >= 15 is 0 Å². The number of alkyl halides is 6. The predicted octanol–water partition coefficient (Wildman–Crippen LogP) is 15.3. The van der Waals surface area contributed by atoms with Crippen molar-refractivity contribution in [3.05, 3.63) is 174 Å². The number of nitrogens with one attached hydrogen (secondary N) is 6. The second-order valence-corrected chi connectivity index (χ2v) is 38.5. The summed E-state index contributed by atoms with van der Waals surface area (Å²) in [5.41, 5.74) is 4.29. The fourth-order valence-electron chi connectivity index (χ4n) is 11.7. The van der Waals surface area contributed by atoms with Gasteiger partial charge < -0.3 is 59.9 Å². The normalized spacial score (nSPS) is 18.4. The van der Waals surface area contributed by atoms with Gasteiger partial charge in [-0.1, -0.05) is 182 Å². The van der Waals surface area contributed by atoms with Gasteiger partial charge in [0.25, 0.3) is 29.1 Å². The number of carboxylic acid groups (broad SMARTS) is 1. The Bertz CT molecular complexity index is 5680. The van der Waals surface area contributed by atoms with Crippen LogP contribution in [0.1, 0.15) is 230 Å². The summed E-state index contributed by atoms with van der Waals surface area (Å²) >= 11 is 33.5. The van der Waals surface area contributed by atoms with E-state index in [1.165, 1.54) is 71.9 Å². The molecule has 720 valence electrons. The summed E-state index contributed by atoms with van der Waals surface area (Å²) < 4.78 is 106. The molecule has 0 spiro atoms. The largest absolute Gasteiger partial charge is 0.481 e. The first-order valence-electron chi connectivity index (χ1n) is 45.7. The number of aryl methyl sites for hydroxylation is 2. The molecule has 2 saturated heterocycles. The second-order valence-electron chi connectivity index (χ2n) is 33.4. The zero-order valence-corrected chi connectivity index (χ0v) is 80.0. The number of hydrazine groups is 2. The Morgan fingerprint density at radius 2 is 0.939 bits per heavy atom. The number of nitrogens with zero attached hydrogens (tertiary/aromatic N) is 6. The lowest BCUT2D eigenvalue weighted by Gasteiger charge is -2.34. The number of rotatable bonds is 27. The van der Waals surface area contributed by atoms with Crippen molar-refractivity contribution in [1.29, 1.82) is 0 Å². The van der Waals surface area contributed by atoms with Gasteiger partial charge in [-0.25, -0.2) is 30.0 Å². The number of aliphatic hydroxyl groups is 1. The maximum absolute atomic E-state index is 13.8. The molecule has 0 radical (unpaired) electrons. The van der Waals surface area contributed by atoms with Gasteiger partial charge in [0.2, 0.25) is 13.5 Å². The van der Waals surface area contributed by atoms with Gasteiger partial charge >= 0.3 is 48.0 Å². The van der Waals surface area contributed by atoms with Crippen molar-refractivity contribution in [3.63, 3.8) is 0 Å². The summed E-state index contributed by atoms with van der Waals surface area (Å²) in [6.07, 6.45) is -0.0989. The highest BCUT2D eigenvalue weighted by Crippen LogP contribution is 2.32. The Balaban J connectivity index is 0.000000358. The number of carbonyl (C=O) groups excluding carboxylic acids is 11. The van der Waals surface area contributed by atoms with Crippen LogP contribution in [0.4, 0.5) is 21.0 Å². The molecule has 2 aliphatic rings. The molecule has 132 heavy (non-hydrogen) atoms. The zero-order chi connectivity index (χ0) is 108. The number of amides is 6. The predicted molar refractivity (Wildman–Crippen MR) is 497 cm³/mol. The van der Waals surface area contributed by atoms with Crippen LogP contribution in [0.2, 0.25) is 0 Å². The lowest BCUT2D eigenvalue weighted by Crippen LogP contribution is -2.60. The van der Waals surface area contributed by atoms with E-state index in [-0.39, 0.29) is 47.8 Å². The Kier molecular flexibility index (Phi) is 35.2. The highest BCUT2D eigenvalue weighted by atomic mass is 35.6. The summed E-state index contributed by atoms with van der Waals surface area (Å²) in [7, 11) is 0. The van der Waals surface area contributed by atoms with Crippen LogP contribution in [0.25, 0.3) is 34.0 Å². The van der Waals surface area contributed by atoms with Crippen LogP contribution in [0, 0.1) is 56.7 Å². The first-order valence-corrected chi connectivity index (χ1v) is 42.9. The number of esters is 5. The number of nitro groups is 2. The van der Waals surface area contributed by atoms with E-state index in [0.717, 1.165) is 57.9 Å². The van der Waals surface area contributed by atoms with E-state index in [2.05, 4.69) is 41.5 Å². The maximum Gasteiger partial charge on any atom is 0.408 e. The number of fused-ring (bicyclic) bond motifs is 2. The van der Waals surface area contributed by atoms with Crippen LogP contribution >= 0.6 is 69.6 Å². The molecule has 0 saturated carbocycles. The van der Waals surface area contributed by atoms with Crippen LogP contribution in [0.3, 0.4) is 0 Å². The Labute approximate surface area is 808 Å². The molecule has 36 nitrogen and oxygen atoms in total. The second kappa shape index (κ2) is 48.6. The first kappa shape index (κ1) is 95.6. The number of halogens is 6. The Hall–Kier alpha value is -11.0. The van der Waals surface area contributed by atoms with E-state index in [4.69, 9.17) is 107 Å². The summed E-state index contributed by atoms with van der Waals surface area (Å²) in [4.78, 5) is 180. The van der Waals surface area contributed by atoms with Gasteiger partial charge in [0.05, 0.1) is 57.9 Å². The van der Waals surface area contributed by atoms with Gasteiger partial charge in [0, 0.05) is 47.0 Å². The molecule has 2 unspecified atom stereocenters. The number of alkyl carbamates (subject to hydrolysis) is 2. The van der Waals surface area contributed by atoms with Gasteiger partial charge in [-0.15, -0.1) is 0 Å². The van der Waals surface area contributed by atoms with E-state index in [9.17, 15) is 88.0 Å².